The molecule has 15 heavy (non-hydrogen) atoms. The normalized spacial score (nSPS) is 9.20. The van der Waals surface area contributed by atoms with Gasteiger partial charge in [0.05, 0.1) is 0 Å². The average Bonchev–Trinajstić information content (AvgIpc) is 2.27. The zero-order valence-electron chi connectivity index (χ0n) is 8.30. The van der Waals surface area contributed by atoms with Crippen LogP contribution < -0.4 is 4.74 Å². The van der Waals surface area contributed by atoms with Gasteiger partial charge in [-0.25, -0.2) is 4.39 Å². The number of halogens is 2. The molecule has 0 bridgehead atoms. The molecule has 0 radical (unpaired) electrons. The lowest BCUT2D eigenvalue weighted by Crippen LogP contribution is -1.98. The van der Waals surface area contributed by atoms with Gasteiger partial charge >= 0.3 is 0 Å². The van der Waals surface area contributed by atoms with Gasteiger partial charge in [-0.05, 0) is 18.2 Å². The topological polar surface area (TPSA) is 9.23 Å². The highest BCUT2D eigenvalue weighted by molar-refractivity contribution is 6.18. The Morgan fingerprint density at radius 2 is 2.27 bits per heavy atom. The van der Waals surface area contributed by atoms with Crippen molar-refractivity contribution in [2.75, 3.05) is 19.2 Å². The maximum absolute atomic E-state index is 11.9. The molecule has 0 unspecified atom stereocenters. The predicted molar refractivity (Wildman–Crippen MR) is 60.1 cm³/mol. The molecular weight excluding hydrogens is 215 g/mol. The number of rotatable bonds is 4. The molecule has 80 valence electrons. The van der Waals surface area contributed by atoms with E-state index >= 15 is 0 Å². The lowest BCUT2D eigenvalue weighted by molar-refractivity contribution is 0.273. The Labute approximate surface area is 94.2 Å². The second-order valence-electron chi connectivity index (χ2n) is 2.81. The van der Waals surface area contributed by atoms with Crippen LogP contribution in [0.4, 0.5) is 4.39 Å². The first kappa shape index (κ1) is 11.9. The number of hydrogen-bond donors (Lipinski definition) is 0. The minimum Gasteiger partial charge on any atom is -0.491 e. The molecule has 0 atom stereocenters. The van der Waals surface area contributed by atoms with Crippen molar-refractivity contribution >= 4 is 11.6 Å². The summed E-state index contributed by atoms with van der Waals surface area (Å²) in [6, 6.07) is 7.28. The van der Waals surface area contributed by atoms with Crippen LogP contribution in [-0.2, 0) is 0 Å². The summed E-state index contributed by atoms with van der Waals surface area (Å²) in [7, 11) is 0. The van der Waals surface area contributed by atoms with Crippen molar-refractivity contribution in [2.24, 2.45) is 0 Å². The molecule has 0 N–H and O–H groups in total. The molecule has 0 fully saturated rings. The van der Waals surface area contributed by atoms with E-state index in [9.17, 15) is 4.39 Å². The molecular formula is C12H12ClFO. The Bertz CT molecular complexity index is 354. The fourth-order valence-electron chi connectivity index (χ4n) is 1.03. The van der Waals surface area contributed by atoms with Gasteiger partial charge in [0.15, 0.2) is 0 Å². The lowest BCUT2D eigenvalue weighted by Gasteiger charge is -2.02. The Morgan fingerprint density at radius 1 is 1.40 bits per heavy atom. The van der Waals surface area contributed by atoms with Crippen LogP contribution in [0.15, 0.2) is 24.3 Å². The van der Waals surface area contributed by atoms with Crippen LogP contribution in [0.5, 0.6) is 5.75 Å². The number of alkyl halides is 2. The molecule has 0 saturated carbocycles. The van der Waals surface area contributed by atoms with Gasteiger partial charge in [-0.15, -0.1) is 11.6 Å². The molecule has 0 spiro atoms. The van der Waals surface area contributed by atoms with E-state index in [1.165, 1.54) is 0 Å². The van der Waals surface area contributed by atoms with E-state index in [0.717, 1.165) is 5.56 Å². The monoisotopic (exact) mass is 226 g/mol. The van der Waals surface area contributed by atoms with Crippen LogP contribution in [0.3, 0.4) is 0 Å². The molecule has 0 heterocycles. The number of benzene rings is 1. The second kappa shape index (κ2) is 7.14. The van der Waals surface area contributed by atoms with Gasteiger partial charge in [-0.3, -0.25) is 0 Å². The predicted octanol–water partition coefficient (Wildman–Crippen LogP) is 3.02. The quantitative estimate of drug-likeness (QED) is 0.567. The summed E-state index contributed by atoms with van der Waals surface area (Å²) >= 11 is 5.50. The number of ether oxygens (including phenoxy) is 1. The molecule has 3 heteroatoms. The van der Waals surface area contributed by atoms with Crippen molar-refractivity contribution < 1.29 is 9.13 Å². The van der Waals surface area contributed by atoms with Crippen LogP contribution in [0.1, 0.15) is 12.0 Å². The molecule has 0 aliphatic carbocycles. The van der Waals surface area contributed by atoms with E-state index in [-0.39, 0.29) is 6.61 Å². The van der Waals surface area contributed by atoms with Crippen LogP contribution in [-0.4, -0.2) is 19.2 Å². The summed E-state index contributed by atoms with van der Waals surface area (Å²) < 4.78 is 17.0. The minimum absolute atomic E-state index is 0.0819. The average molecular weight is 227 g/mol. The van der Waals surface area contributed by atoms with E-state index in [0.29, 0.717) is 18.1 Å². The van der Waals surface area contributed by atoms with Gasteiger partial charge in [0.1, 0.15) is 19.0 Å². The smallest absolute Gasteiger partial charge is 0.123 e. The maximum Gasteiger partial charge on any atom is 0.123 e. The van der Waals surface area contributed by atoms with Crippen molar-refractivity contribution in [3.63, 3.8) is 0 Å². The Kier molecular flexibility index (Phi) is 5.65. The Morgan fingerprint density at radius 3 is 3.00 bits per heavy atom. The third kappa shape index (κ3) is 4.71. The molecule has 1 aromatic rings. The minimum atomic E-state index is -0.484. The highest BCUT2D eigenvalue weighted by Crippen LogP contribution is 2.12. The van der Waals surface area contributed by atoms with Gasteiger partial charge in [0.2, 0.25) is 0 Å². The van der Waals surface area contributed by atoms with Crippen molar-refractivity contribution in [1.29, 1.82) is 0 Å². The number of hydrogen-bond acceptors (Lipinski definition) is 1. The molecule has 0 amide bonds. The zero-order chi connectivity index (χ0) is 10.9. The van der Waals surface area contributed by atoms with E-state index in [4.69, 9.17) is 16.3 Å². The van der Waals surface area contributed by atoms with E-state index < -0.39 is 6.67 Å². The third-order valence-corrected chi connectivity index (χ3v) is 1.82. The fourth-order valence-corrected chi connectivity index (χ4v) is 1.13. The summed E-state index contributed by atoms with van der Waals surface area (Å²) in [5, 5.41) is 0. The third-order valence-electron chi connectivity index (χ3n) is 1.63. The molecule has 0 aliphatic heterocycles. The summed E-state index contributed by atoms with van der Waals surface area (Å²) in [6.07, 6.45) is 0.664. The lowest BCUT2D eigenvalue weighted by atomic mass is 10.2. The summed E-state index contributed by atoms with van der Waals surface area (Å²) in [5.74, 6) is 7.05. The van der Waals surface area contributed by atoms with Gasteiger partial charge in [0, 0.05) is 17.9 Å². The molecule has 1 nitrogen and oxygen atoms in total. The summed E-state index contributed by atoms with van der Waals surface area (Å²) in [6.45, 7) is -0.402. The van der Waals surface area contributed by atoms with Gasteiger partial charge < -0.3 is 4.74 Å². The van der Waals surface area contributed by atoms with Gasteiger partial charge in [-0.1, -0.05) is 17.9 Å². The second-order valence-corrected chi connectivity index (χ2v) is 3.18. The molecule has 0 aliphatic rings. The molecule has 1 rings (SSSR count). The van der Waals surface area contributed by atoms with Crippen LogP contribution in [0, 0.1) is 11.8 Å². The largest absolute Gasteiger partial charge is 0.491 e. The fraction of sp³-hybridized carbons (Fsp3) is 0.333. The highest BCUT2D eigenvalue weighted by Gasteiger charge is 1.93. The first-order chi connectivity index (χ1) is 7.36. The molecule has 0 aromatic heterocycles. The summed E-state index contributed by atoms with van der Waals surface area (Å²) in [4.78, 5) is 0. The maximum atomic E-state index is 11.9. The molecule has 1 aromatic carbocycles. The summed E-state index contributed by atoms with van der Waals surface area (Å²) in [5.41, 5.74) is 0.858. The van der Waals surface area contributed by atoms with Gasteiger partial charge in [0.25, 0.3) is 0 Å². The highest BCUT2D eigenvalue weighted by atomic mass is 35.5. The first-order valence-electron chi connectivity index (χ1n) is 4.70. The zero-order valence-corrected chi connectivity index (χ0v) is 9.06. The van der Waals surface area contributed by atoms with Crippen LogP contribution in [0.2, 0.25) is 0 Å². The van der Waals surface area contributed by atoms with Crippen molar-refractivity contribution in [2.45, 2.75) is 6.42 Å². The first-order valence-corrected chi connectivity index (χ1v) is 5.24. The van der Waals surface area contributed by atoms with E-state index in [1.54, 1.807) is 12.1 Å². The molecule has 0 saturated heterocycles. The van der Waals surface area contributed by atoms with Crippen molar-refractivity contribution in [3.05, 3.63) is 29.8 Å². The van der Waals surface area contributed by atoms with E-state index in [1.807, 2.05) is 12.1 Å². The Balaban J connectivity index is 2.62. The SMILES string of the molecule is FCCOc1cccc(C#CCCCl)c1. The van der Waals surface area contributed by atoms with Crippen molar-refractivity contribution in [3.8, 4) is 17.6 Å². The van der Waals surface area contributed by atoms with Gasteiger partial charge in [-0.2, -0.15) is 0 Å². The van der Waals surface area contributed by atoms with E-state index in [2.05, 4.69) is 11.8 Å². The van der Waals surface area contributed by atoms with Crippen LogP contribution >= 0.6 is 11.6 Å². The van der Waals surface area contributed by atoms with Crippen molar-refractivity contribution in [1.82, 2.24) is 0 Å². The Hall–Kier alpha value is -1.20. The van der Waals surface area contributed by atoms with Crippen LogP contribution in [0.25, 0.3) is 0 Å². The standard InChI is InChI=1S/C12H12ClFO/c13-7-2-1-4-11-5-3-6-12(10-11)15-9-8-14/h3,5-6,10H,2,7-9H2.